The van der Waals surface area contributed by atoms with Gasteiger partial charge in [0.25, 0.3) is 0 Å². The van der Waals surface area contributed by atoms with Gasteiger partial charge in [-0.15, -0.1) is 0 Å². The molecule has 1 fully saturated rings. The van der Waals surface area contributed by atoms with E-state index in [2.05, 4.69) is 36.5 Å². The summed E-state index contributed by atoms with van der Waals surface area (Å²) in [5.41, 5.74) is 0. The predicted molar refractivity (Wildman–Crippen MR) is 64.3 cm³/mol. The molecule has 1 aromatic rings. The average molecular weight is 292 g/mol. The Kier molecular flexibility index (Phi) is 3.77. The lowest BCUT2D eigenvalue weighted by Gasteiger charge is -2.24. The Morgan fingerprint density at radius 1 is 1.47 bits per heavy atom. The Bertz CT molecular complexity index is 341. The van der Waals surface area contributed by atoms with Crippen LogP contribution in [0.1, 0.15) is 12.8 Å². The second-order valence-electron chi connectivity index (χ2n) is 3.50. The van der Waals surface area contributed by atoms with Crippen molar-refractivity contribution < 1.29 is 0 Å². The third-order valence-corrected chi connectivity index (χ3v) is 3.16. The second-order valence-corrected chi connectivity index (χ2v) is 4.70. The summed E-state index contributed by atoms with van der Waals surface area (Å²) in [6.07, 6.45) is 3.88. The fourth-order valence-electron chi connectivity index (χ4n) is 1.61. The molecule has 0 bridgehead atoms. The van der Waals surface area contributed by atoms with Crippen molar-refractivity contribution in [3.63, 3.8) is 0 Å². The first kappa shape index (κ1) is 11.1. The normalized spacial score (nSPS) is 17.7. The summed E-state index contributed by atoms with van der Waals surface area (Å²) in [5.74, 6) is 0.780. The first-order chi connectivity index (χ1) is 7.25. The Hall–Kier alpha value is -0.390. The van der Waals surface area contributed by atoms with Gasteiger partial charge in [0.1, 0.15) is 5.82 Å². The van der Waals surface area contributed by atoms with Crippen LogP contribution in [0.15, 0.2) is 10.7 Å². The summed E-state index contributed by atoms with van der Waals surface area (Å²) < 4.78 is 0.852. The molecule has 0 spiro atoms. The molecule has 0 radical (unpaired) electrons. The molecular formula is C9H12BrClN4. The highest BCUT2D eigenvalue weighted by Gasteiger charge is 2.14. The number of nitrogens with zero attached hydrogens (tertiary/aromatic N) is 2. The Morgan fingerprint density at radius 3 is 2.93 bits per heavy atom. The molecule has 82 valence electrons. The number of hydrogen-bond donors (Lipinski definition) is 2. The van der Waals surface area contributed by atoms with E-state index in [1.807, 2.05) is 0 Å². The summed E-state index contributed by atoms with van der Waals surface area (Å²) in [7, 11) is 0. The Labute approximate surface area is 102 Å². The standard InChI is InChI=1S/C9H12BrClN4/c10-7-5-13-9(11)15-8(7)14-6-1-3-12-4-2-6/h5-6,12H,1-4H2,(H,13,14,15). The number of aromatic nitrogens is 2. The molecule has 0 amide bonds. The van der Waals surface area contributed by atoms with Crippen molar-refractivity contribution in [3.05, 3.63) is 16.0 Å². The molecule has 1 aliphatic heterocycles. The maximum absolute atomic E-state index is 5.74. The third kappa shape index (κ3) is 3.03. The number of piperidine rings is 1. The Morgan fingerprint density at radius 2 is 2.20 bits per heavy atom. The molecular weight excluding hydrogens is 279 g/mol. The minimum Gasteiger partial charge on any atom is -0.366 e. The number of halogens is 2. The van der Waals surface area contributed by atoms with Crippen molar-refractivity contribution in [2.24, 2.45) is 0 Å². The highest BCUT2D eigenvalue weighted by Crippen LogP contribution is 2.22. The summed E-state index contributed by atoms with van der Waals surface area (Å²) in [6.45, 7) is 2.10. The van der Waals surface area contributed by atoms with E-state index >= 15 is 0 Å². The van der Waals surface area contributed by atoms with Gasteiger partial charge in [0.2, 0.25) is 5.28 Å². The van der Waals surface area contributed by atoms with E-state index in [1.54, 1.807) is 6.20 Å². The smallest absolute Gasteiger partial charge is 0.224 e. The molecule has 15 heavy (non-hydrogen) atoms. The molecule has 2 N–H and O–H groups in total. The monoisotopic (exact) mass is 290 g/mol. The van der Waals surface area contributed by atoms with E-state index < -0.39 is 0 Å². The van der Waals surface area contributed by atoms with Crippen LogP contribution in [0, 0.1) is 0 Å². The molecule has 1 aromatic heterocycles. The number of hydrogen-bond acceptors (Lipinski definition) is 4. The first-order valence-electron chi connectivity index (χ1n) is 4.91. The molecule has 1 saturated heterocycles. The van der Waals surface area contributed by atoms with Crippen LogP contribution in [0.3, 0.4) is 0 Å². The zero-order valence-corrected chi connectivity index (χ0v) is 10.5. The SMILES string of the molecule is Clc1ncc(Br)c(NC2CCNCC2)n1. The predicted octanol–water partition coefficient (Wildman–Crippen LogP) is 2.06. The minimum absolute atomic E-state index is 0.273. The fraction of sp³-hybridized carbons (Fsp3) is 0.556. The lowest BCUT2D eigenvalue weighted by Crippen LogP contribution is -2.35. The highest BCUT2D eigenvalue weighted by molar-refractivity contribution is 9.10. The maximum atomic E-state index is 5.74. The van der Waals surface area contributed by atoms with Gasteiger partial charge in [0.15, 0.2) is 0 Å². The largest absolute Gasteiger partial charge is 0.366 e. The van der Waals surface area contributed by atoms with Gasteiger partial charge < -0.3 is 10.6 Å². The van der Waals surface area contributed by atoms with Gasteiger partial charge >= 0.3 is 0 Å². The Balaban J connectivity index is 2.05. The molecule has 0 atom stereocenters. The lowest BCUT2D eigenvalue weighted by molar-refractivity contribution is 0.478. The van der Waals surface area contributed by atoms with Crippen molar-refractivity contribution in [1.29, 1.82) is 0 Å². The van der Waals surface area contributed by atoms with E-state index in [-0.39, 0.29) is 5.28 Å². The topological polar surface area (TPSA) is 49.8 Å². The number of nitrogens with one attached hydrogen (secondary N) is 2. The summed E-state index contributed by atoms with van der Waals surface area (Å²) >= 11 is 9.13. The fourth-order valence-corrected chi connectivity index (χ4v) is 2.05. The van der Waals surface area contributed by atoms with Crippen LogP contribution in [0.2, 0.25) is 5.28 Å². The van der Waals surface area contributed by atoms with Crippen LogP contribution in [0.5, 0.6) is 0 Å². The van der Waals surface area contributed by atoms with Gasteiger partial charge in [-0.2, -0.15) is 4.98 Å². The van der Waals surface area contributed by atoms with Crippen LogP contribution < -0.4 is 10.6 Å². The summed E-state index contributed by atoms with van der Waals surface area (Å²) in [6, 6.07) is 0.466. The molecule has 6 heteroatoms. The van der Waals surface area contributed by atoms with Crippen molar-refractivity contribution >= 4 is 33.3 Å². The van der Waals surface area contributed by atoms with Crippen LogP contribution in [0.4, 0.5) is 5.82 Å². The second kappa shape index (κ2) is 5.09. The van der Waals surface area contributed by atoms with Crippen molar-refractivity contribution in [3.8, 4) is 0 Å². The van der Waals surface area contributed by atoms with E-state index in [1.165, 1.54) is 0 Å². The zero-order valence-electron chi connectivity index (χ0n) is 8.13. The van der Waals surface area contributed by atoms with Crippen LogP contribution in [-0.2, 0) is 0 Å². The molecule has 1 aliphatic rings. The van der Waals surface area contributed by atoms with Crippen molar-refractivity contribution in [2.75, 3.05) is 18.4 Å². The number of anilines is 1. The third-order valence-electron chi connectivity index (χ3n) is 2.39. The summed E-state index contributed by atoms with van der Waals surface area (Å²) in [4.78, 5) is 8.03. The van der Waals surface area contributed by atoms with E-state index in [4.69, 9.17) is 11.6 Å². The van der Waals surface area contributed by atoms with Crippen LogP contribution in [0.25, 0.3) is 0 Å². The maximum Gasteiger partial charge on any atom is 0.224 e. The van der Waals surface area contributed by atoms with Crippen LogP contribution in [-0.4, -0.2) is 29.1 Å². The molecule has 2 heterocycles. The molecule has 0 aromatic carbocycles. The zero-order chi connectivity index (χ0) is 10.7. The van der Waals surface area contributed by atoms with Gasteiger partial charge in [-0.1, -0.05) is 0 Å². The first-order valence-corrected chi connectivity index (χ1v) is 6.08. The molecule has 0 aliphatic carbocycles. The van der Waals surface area contributed by atoms with Gasteiger partial charge in [0.05, 0.1) is 4.47 Å². The highest BCUT2D eigenvalue weighted by atomic mass is 79.9. The van der Waals surface area contributed by atoms with Crippen molar-refractivity contribution in [2.45, 2.75) is 18.9 Å². The minimum atomic E-state index is 0.273. The van der Waals surface area contributed by atoms with E-state index in [0.29, 0.717) is 6.04 Å². The van der Waals surface area contributed by atoms with E-state index in [9.17, 15) is 0 Å². The lowest BCUT2D eigenvalue weighted by atomic mass is 10.1. The quantitative estimate of drug-likeness (QED) is 0.819. The molecule has 0 saturated carbocycles. The van der Waals surface area contributed by atoms with Gasteiger partial charge in [-0.05, 0) is 53.5 Å². The van der Waals surface area contributed by atoms with Gasteiger partial charge in [-0.3, -0.25) is 0 Å². The van der Waals surface area contributed by atoms with Gasteiger partial charge in [-0.25, -0.2) is 4.98 Å². The summed E-state index contributed by atoms with van der Waals surface area (Å²) in [5, 5.41) is 6.96. The van der Waals surface area contributed by atoms with Crippen LogP contribution >= 0.6 is 27.5 Å². The van der Waals surface area contributed by atoms with E-state index in [0.717, 1.165) is 36.2 Å². The van der Waals surface area contributed by atoms with Crippen molar-refractivity contribution in [1.82, 2.24) is 15.3 Å². The molecule has 2 rings (SSSR count). The number of rotatable bonds is 2. The molecule has 4 nitrogen and oxygen atoms in total. The van der Waals surface area contributed by atoms with Gasteiger partial charge in [0, 0.05) is 12.2 Å². The molecule has 0 unspecified atom stereocenters. The average Bonchev–Trinajstić information content (AvgIpc) is 2.25.